The molecule has 7 nitrogen and oxygen atoms in total. The van der Waals surface area contributed by atoms with Crippen molar-refractivity contribution in [2.45, 2.75) is 6.61 Å². The second-order valence-electron chi connectivity index (χ2n) is 6.57. The molecule has 0 saturated carbocycles. The van der Waals surface area contributed by atoms with Gasteiger partial charge in [-0.2, -0.15) is 0 Å². The van der Waals surface area contributed by atoms with Crippen LogP contribution in [-0.4, -0.2) is 22.6 Å². The SMILES string of the molecule is COC(=O)c1cc2c(OCc3ccccc3)cccc2n1-c1ccccc1[N+](=O)[O-]. The van der Waals surface area contributed by atoms with Gasteiger partial charge in [-0.25, -0.2) is 4.79 Å². The van der Waals surface area contributed by atoms with Gasteiger partial charge in [-0.1, -0.05) is 48.5 Å². The highest BCUT2D eigenvalue weighted by Gasteiger charge is 2.24. The number of esters is 1. The second-order valence-corrected chi connectivity index (χ2v) is 6.57. The molecule has 0 bridgehead atoms. The van der Waals surface area contributed by atoms with Crippen molar-refractivity contribution < 1.29 is 19.2 Å². The minimum Gasteiger partial charge on any atom is -0.488 e. The number of fused-ring (bicyclic) bond motifs is 1. The lowest BCUT2D eigenvalue weighted by molar-refractivity contribution is -0.384. The Labute approximate surface area is 172 Å². The zero-order valence-corrected chi connectivity index (χ0v) is 16.1. The van der Waals surface area contributed by atoms with E-state index in [-0.39, 0.29) is 17.1 Å². The quantitative estimate of drug-likeness (QED) is 0.260. The standard InChI is InChI=1S/C23H18N2O5/c1-29-23(26)21-14-17-18(24(21)19-10-5-6-11-20(19)25(27)28)12-7-13-22(17)30-15-16-8-3-2-4-9-16/h2-14H,15H2,1H3. The monoisotopic (exact) mass is 402 g/mol. The maximum absolute atomic E-state index is 12.5. The molecule has 0 radical (unpaired) electrons. The predicted molar refractivity (Wildman–Crippen MR) is 112 cm³/mol. The Morgan fingerprint density at radius 1 is 1.00 bits per heavy atom. The van der Waals surface area contributed by atoms with E-state index in [1.807, 2.05) is 30.3 Å². The van der Waals surface area contributed by atoms with Crippen LogP contribution in [0.25, 0.3) is 16.6 Å². The van der Waals surface area contributed by atoms with Crippen LogP contribution in [0.2, 0.25) is 0 Å². The molecule has 0 aliphatic heterocycles. The van der Waals surface area contributed by atoms with Gasteiger partial charge in [0.15, 0.2) is 0 Å². The van der Waals surface area contributed by atoms with Gasteiger partial charge in [0, 0.05) is 11.5 Å². The molecular weight excluding hydrogens is 384 g/mol. The van der Waals surface area contributed by atoms with E-state index in [0.29, 0.717) is 23.3 Å². The molecule has 4 rings (SSSR count). The van der Waals surface area contributed by atoms with Gasteiger partial charge in [0.05, 0.1) is 17.5 Å². The van der Waals surface area contributed by atoms with Gasteiger partial charge in [-0.05, 0) is 29.8 Å². The largest absolute Gasteiger partial charge is 0.488 e. The van der Waals surface area contributed by atoms with E-state index in [1.54, 1.807) is 42.5 Å². The third-order valence-corrected chi connectivity index (χ3v) is 4.76. The summed E-state index contributed by atoms with van der Waals surface area (Å²) in [6, 6.07) is 23.0. The molecule has 0 spiro atoms. The van der Waals surface area contributed by atoms with E-state index in [1.165, 1.54) is 17.7 Å². The van der Waals surface area contributed by atoms with Crippen molar-refractivity contribution >= 4 is 22.6 Å². The third-order valence-electron chi connectivity index (χ3n) is 4.76. The summed E-state index contributed by atoms with van der Waals surface area (Å²) < 4.78 is 12.5. The summed E-state index contributed by atoms with van der Waals surface area (Å²) in [7, 11) is 1.27. The minimum atomic E-state index is -0.599. The highest BCUT2D eigenvalue weighted by molar-refractivity contribution is 5.99. The molecule has 7 heteroatoms. The fraction of sp³-hybridized carbons (Fsp3) is 0.0870. The summed E-state index contributed by atoms with van der Waals surface area (Å²) >= 11 is 0. The van der Waals surface area contributed by atoms with Gasteiger partial charge >= 0.3 is 5.97 Å². The normalized spacial score (nSPS) is 10.7. The van der Waals surface area contributed by atoms with Crippen LogP contribution in [-0.2, 0) is 11.3 Å². The lowest BCUT2D eigenvalue weighted by atomic mass is 10.2. The van der Waals surface area contributed by atoms with Gasteiger partial charge < -0.3 is 9.47 Å². The van der Waals surface area contributed by atoms with Gasteiger partial charge in [-0.3, -0.25) is 14.7 Å². The van der Waals surface area contributed by atoms with Crippen LogP contribution in [0.4, 0.5) is 5.69 Å². The minimum absolute atomic E-state index is 0.115. The summed E-state index contributed by atoms with van der Waals surface area (Å²) in [6.45, 7) is 0.351. The lowest BCUT2D eigenvalue weighted by Crippen LogP contribution is -2.10. The number of benzene rings is 3. The molecule has 0 aliphatic carbocycles. The van der Waals surface area contributed by atoms with Crippen molar-refractivity contribution in [3.05, 3.63) is 100 Å². The summed E-state index contributed by atoms with van der Waals surface area (Å²) in [4.78, 5) is 23.6. The number of rotatable bonds is 6. The number of methoxy groups -OCH3 is 1. The number of para-hydroxylation sites is 2. The Morgan fingerprint density at radius 3 is 2.47 bits per heavy atom. The molecule has 30 heavy (non-hydrogen) atoms. The Balaban J connectivity index is 1.88. The lowest BCUT2D eigenvalue weighted by Gasteiger charge is -2.11. The number of hydrogen-bond donors (Lipinski definition) is 0. The first kappa shape index (κ1) is 19.2. The first-order chi connectivity index (χ1) is 14.6. The molecule has 0 N–H and O–H groups in total. The molecule has 1 heterocycles. The van der Waals surface area contributed by atoms with Crippen LogP contribution in [0.5, 0.6) is 5.75 Å². The average Bonchev–Trinajstić information content (AvgIpc) is 3.18. The molecule has 0 saturated heterocycles. The molecule has 0 atom stereocenters. The molecule has 0 aliphatic rings. The number of carbonyl (C=O) groups is 1. The molecule has 3 aromatic carbocycles. The maximum atomic E-state index is 12.5. The van der Waals surface area contributed by atoms with Crippen molar-refractivity contribution in [1.82, 2.24) is 4.57 Å². The summed E-state index contributed by atoms with van der Waals surface area (Å²) in [5, 5.41) is 12.2. The van der Waals surface area contributed by atoms with Crippen molar-refractivity contribution in [2.75, 3.05) is 7.11 Å². The topological polar surface area (TPSA) is 83.6 Å². The van der Waals surface area contributed by atoms with Crippen molar-refractivity contribution in [3.8, 4) is 11.4 Å². The predicted octanol–water partition coefficient (Wildman–Crippen LogP) is 4.90. The zero-order chi connectivity index (χ0) is 21.1. The fourth-order valence-electron chi connectivity index (χ4n) is 3.39. The highest BCUT2D eigenvalue weighted by atomic mass is 16.6. The number of aromatic nitrogens is 1. The zero-order valence-electron chi connectivity index (χ0n) is 16.1. The van der Waals surface area contributed by atoms with Crippen LogP contribution >= 0.6 is 0 Å². The first-order valence-electron chi connectivity index (χ1n) is 9.23. The van der Waals surface area contributed by atoms with Crippen LogP contribution in [0, 0.1) is 10.1 Å². The third kappa shape index (κ3) is 3.48. The Bertz CT molecular complexity index is 1230. The Morgan fingerprint density at radius 2 is 1.73 bits per heavy atom. The van der Waals surface area contributed by atoms with Crippen LogP contribution < -0.4 is 4.74 Å². The molecular formula is C23H18N2O5. The molecule has 0 unspecified atom stereocenters. The number of nitro groups is 1. The average molecular weight is 402 g/mol. The Hall–Kier alpha value is -4.13. The van der Waals surface area contributed by atoms with Gasteiger partial charge in [0.25, 0.3) is 5.69 Å². The first-order valence-corrected chi connectivity index (χ1v) is 9.23. The number of nitro benzene ring substituents is 1. The highest BCUT2D eigenvalue weighted by Crippen LogP contribution is 2.35. The van der Waals surface area contributed by atoms with Crippen molar-refractivity contribution in [1.29, 1.82) is 0 Å². The summed E-state index contributed by atoms with van der Waals surface area (Å²) in [6.07, 6.45) is 0. The number of ether oxygens (including phenoxy) is 2. The van der Waals surface area contributed by atoms with E-state index >= 15 is 0 Å². The Kier molecular flexibility index (Phi) is 5.17. The fourth-order valence-corrected chi connectivity index (χ4v) is 3.39. The summed E-state index contributed by atoms with van der Waals surface area (Å²) in [5.74, 6) is -0.0304. The molecule has 150 valence electrons. The number of nitrogens with zero attached hydrogens (tertiary/aromatic N) is 2. The van der Waals surface area contributed by atoms with Gasteiger partial charge in [0.1, 0.15) is 23.7 Å². The second kappa shape index (κ2) is 8.08. The summed E-state index contributed by atoms with van der Waals surface area (Å²) in [5.41, 5.74) is 1.95. The van der Waals surface area contributed by atoms with Crippen LogP contribution in [0.15, 0.2) is 78.9 Å². The number of carbonyl (C=O) groups excluding carboxylic acids is 1. The van der Waals surface area contributed by atoms with E-state index in [4.69, 9.17) is 9.47 Å². The van der Waals surface area contributed by atoms with Gasteiger partial charge in [0.2, 0.25) is 0 Å². The maximum Gasteiger partial charge on any atom is 0.355 e. The van der Waals surface area contributed by atoms with Crippen molar-refractivity contribution in [3.63, 3.8) is 0 Å². The van der Waals surface area contributed by atoms with Gasteiger partial charge in [-0.15, -0.1) is 0 Å². The van der Waals surface area contributed by atoms with E-state index in [9.17, 15) is 14.9 Å². The van der Waals surface area contributed by atoms with E-state index in [2.05, 4.69) is 0 Å². The smallest absolute Gasteiger partial charge is 0.355 e. The molecule has 4 aromatic rings. The van der Waals surface area contributed by atoms with Crippen LogP contribution in [0.3, 0.4) is 0 Å². The van der Waals surface area contributed by atoms with Crippen LogP contribution in [0.1, 0.15) is 16.1 Å². The molecule has 0 amide bonds. The van der Waals surface area contributed by atoms with Crippen molar-refractivity contribution in [2.24, 2.45) is 0 Å². The van der Waals surface area contributed by atoms with E-state index < -0.39 is 10.9 Å². The molecule has 0 fully saturated rings. The number of hydrogen-bond acceptors (Lipinski definition) is 5. The molecule has 1 aromatic heterocycles. The van der Waals surface area contributed by atoms with E-state index in [0.717, 1.165) is 5.56 Å².